The van der Waals surface area contributed by atoms with E-state index in [1.165, 1.54) is 24.1 Å². The highest BCUT2D eigenvalue weighted by atomic mass is 19.1. The Morgan fingerprint density at radius 3 is 2.90 bits per heavy atom. The minimum Gasteiger partial charge on any atom is -0.393 e. The topological polar surface area (TPSA) is 119 Å². The molecule has 2 aromatic heterocycles. The minimum absolute atomic E-state index is 0.174. The molecule has 0 aliphatic carbocycles. The molecule has 4 N–H and O–H groups in total. The third-order valence-electron chi connectivity index (χ3n) is 3.56. The molecule has 3 heterocycles. The van der Waals surface area contributed by atoms with Crippen LogP contribution in [0, 0.1) is 0 Å². The molecule has 1 saturated heterocycles. The predicted octanol–water partition coefficient (Wildman–Crippen LogP) is -0.613. The van der Waals surface area contributed by atoms with Crippen molar-refractivity contribution in [2.45, 2.75) is 31.0 Å². The molecule has 0 radical (unpaired) electrons. The van der Waals surface area contributed by atoms with Gasteiger partial charge in [-0.25, -0.2) is 19.3 Å². The molecule has 4 unspecified atom stereocenters. The fourth-order valence-electron chi connectivity index (χ4n) is 2.30. The lowest BCUT2D eigenvalue weighted by Crippen LogP contribution is -2.42. The molecule has 8 nitrogen and oxygen atoms in total. The Kier molecular flexibility index (Phi) is 2.85. The predicted molar refractivity (Wildman–Crippen MR) is 66.3 cm³/mol. The normalized spacial score (nSPS) is 33.9. The summed E-state index contributed by atoms with van der Waals surface area (Å²) in [6.07, 6.45) is -1.75. The fraction of sp³-hybridized carbons (Fsp3) is 0.545. The Hall–Kier alpha value is -1.84. The van der Waals surface area contributed by atoms with E-state index < -0.39 is 30.7 Å². The van der Waals surface area contributed by atoms with E-state index in [0.29, 0.717) is 11.2 Å². The summed E-state index contributed by atoms with van der Waals surface area (Å²) in [5.41, 5.74) is 4.92. The molecule has 20 heavy (non-hydrogen) atoms. The van der Waals surface area contributed by atoms with Crippen LogP contribution in [0.4, 0.5) is 10.2 Å². The van der Waals surface area contributed by atoms with E-state index in [2.05, 4.69) is 15.0 Å². The summed E-state index contributed by atoms with van der Waals surface area (Å²) in [5.74, 6) is 0.174. The first kappa shape index (κ1) is 13.2. The van der Waals surface area contributed by atoms with Gasteiger partial charge in [0, 0.05) is 0 Å². The van der Waals surface area contributed by atoms with E-state index in [4.69, 9.17) is 10.5 Å². The van der Waals surface area contributed by atoms with Crippen molar-refractivity contribution in [1.29, 1.82) is 0 Å². The molecule has 2 aromatic rings. The molecule has 0 saturated carbocycles. The Labute approximate surface area is 113 Å². The highest BCUT2D eigenvalue weighted by Gasteiger charge is 2.53. The van der Waals surface area contributed by atoms with Gasteiger partial charge in [-0.05, 0) is 6.92 Å². The van der Waals surface area contributed by atoms with Gasteiger partial charge in [0.15, 0.2) is 23.9 Å². The molecule has 9 heteroatoms. The first-order valence-electron chi connectivity index (χ1n) is 6.02. The zero-order chi connectivity index (χ0) is 14.5. The van der Waals surface area contributed by atoms with E-state index in [1.54, 1.807) is 0 Å². The van der Waals surface area contributed by atoms with Crippen LogP contribution in [0.3, 0.4) is 0 Å². The summed E-state index contributed by atoms with van der Waals surface area (Å²) in [7, 11) is 0. The smallest absolute Gasteiger partial charge is 0.174 e. The molecule has 1 aliphatic heterocycles. The van der Waals surface area contributed by atoms with Crippen molar-refractivity contribution in [3.8, 4) is 0 Å². The lowest BCUT2D eigenvalue weighted by atomic mass is 9.99. The largest absolute Gasteiger partial charge is 0.393 e. The number of aliphatic hydroxyl groups excluding tert-OH is 2. The number of anilines is 1. The summed E-state index contributed by atoms with van der Waals surface area (Å²) >= 11 is 0. The molecule has 0 aromatic carbocycles. The molecule has 0 bridgehead atoms. The molecule has 4 atom stereocenters. The molecular weight excluding hydrogens is 269 g/mol. The number of halogens is 1. The van der Waals surface area contributed by atoms with Crippen molar-refractivity contribution in [3.63, 3.8) is 0 Å². The number of nitrogens with two attached hydrogens (primary N) is 1. The van der Waals surface area contributed by atoms with E-state index in [1.807, 2.05) is 0 Å². The number of hydrogen-bond acceptors (Lipinski definition) is 7. The summed E-state index contributed by atoms with van der Waals surface area (Å²) in [5, 5.41) is 19.1. The Morgan fingerprint density at radius 1 is 1.50 bits per heavy atom. The Morgan fingerprint density at radius 2 is 2.25 bits per heavy atom. The van der Waals surface area contributed by atoms with Gasteiger partial charge in [-0.1, -0.05) is 0 Å². The van der Waals surface area contributed by atoms with Gasteiger partial charge in [0.05, 0.1) is 12.9 Å². The fourth-order valence-corrected chi connectivity index (χ4v) is 2.30. The van der Waals surface area contributed by atoms with Crippen LogP contribution in [0.15, 0.2) is 12.7 Å². The third-order valence-corrected chi connectivity index (χ3v) is 3.56. The van der Waals surface area contributed by atoms with Crippen molar-refractivity contribution in [1.82, 2.24) is 19.5 Å². The monoisotopic (exact) mass is 283 g/mol. The molecule has 1 aliphatic rings. The van der Waals surface area contributed by atoms with Crippen LogP contribution in [0.25, 0.3) is 11.2 Å². The molecule has 0 amide bonds. The van der Waals surface area contributed by atoms with Crippen molar-refractivity contribution in [3.05, 3.63) is 12.7 Å². The van der Waals surface area contributed by atoms with Crippen molar-refractivity contribution >= 4 is 17.0 Å². The number of nitrogens with zero attached hydrogens (tertiary/aromatic N) is 4. The Balaban J connectivity index is 2.06. The number of fused-ring (bicyclic) bond motifs is 1. The molecule has 3 rings (SSSR count). The van der Waals surface area contributed by atoms with Crippen LogP contribution < -0.4 is 5.73 Å². The maximum absolute atomic E-state index is 14.2. The quantitative estimate of drug-likeness (QED) is 0.672. The molecular formula is C11H14FN5O3. The second kappa shape index (κ2) is 4.33. The maximum Gasteiger partial charge on any atom is 0.174 e. The lowest BCUT2D eigenvalue weighted by Gasteiger charge is -2.24. The first-order chi connectivity index (χ1) is 9.48. The average molecular weight is 283 g/mol. The van der Waals surface area contributed by atoms with Crippen LogP contribution in [0.1, 0.15) is 13.2 Å². The maximum atomic E-state index is 14.2. The van der Waals surface area contributed by atoms with Gasteiger partial charge in [0.25, 0.3) is 0 Å². The van der Waals surface area contributed by atoms with Gasteiger partial charge >= 0.3 is 0 Å². The van der Waals surface area contributed by atoms with Gasteiger partial charge in [-0.15, -0.1) is 0 Å². The van der Waals surface area contributed by atoms with Crippen molar-refractivity contribution in [2.24, 2.45) is 0 Å². The zero-order valence-corrected chi connectivity index (χ0v) is 10.6. The van der Waals surface area contributed by atoms with Gasteiger partial charge in [-0.3, -0.25) is 4.57 Å². The summed E-state index contributed by atoms with van der Waals surface area (Å²) in [6, 6.07) is 0. The number of nitrogen functional groups attached to an aromatic ring is 1. The number of imidazole rings is 1. The van der Waals surface area contributed by atoms with E-state index in [9.17, 15) is 14.6 Å². The average Bonchev–Trinajstić information content (AvgIpc) is 2.96. The summed E-state index contributed by atoms with van der Waals surface area (Å²) in [4.78, 5) is 11.8. The van der Waals surface area contributed by atoms with E-state index in [0.717, 1.165) is 0 Å². The SMILES string of the molecule is CC1(CO)OC(n2cnc3c(N)ncnc32)C(F)C1O. The number of alkyl halides is 1. The number of aromatic nitrogens is 4. The summed E-state index contributed by atoms with van der Waals surface area (Å²) in [6.45, 7) is 0.932. The number of hydrogen-bond donors (Lipinski definition) is 3. The lowest BCUT2D eigenvalue weighted by molar-refractivity contribution is -0.115. The van der Waals surface area contributed by atoms with Gasteiger partial charge < -0.3 is 20.7 Å². The van der Waals surface area contributed by atoms with Crippen LogP contribution >= 0.6 is 0 Å². The van der Waals surface area contributed by atoms with E-state index >= 15 is 0 Å². The highest BCUT2D eigenvalue weighted by Crippen LogP contribution is 2.39. The standard InChI is InChI=1S/C11H14FN5O3/c1-11(2-18)7(19)5(12)10(20-11)17-4-16-6-8(13)14-3-15-9(6)17/h3-5,7,10,18-19H,2H2,1H3,(H2,13,14,15). The first-order valence-corrected chi connectivity index (χ1v) is 6.02. The molecule has 1 fully saturated rings. The van der Waals surface area contributed by atoms with Crippen molar-refractivity contribution < 1.29 is 19.3 Å². The number of rotatable bonds is 2. The minimum atomic E-state index is -1.72. The zero-order valence-electron chi connectivity index (χ0n) is 10.6. The second-order valence-corrected chi connectivity index (χ2v) is 4.95. The number of aliphatic hydroxyl groups is 2. The second-order valence-electron chi connectivity index (χ2n) is 4.95. The number of ether oxygens (including phenoxy) is 1. The van der Waals surface area contributed by atoms with Gasteiger partial charge in [-0.2, -0.15) is 0 Å². The molecule has 108 valence electrons. The summed E-state index contributed by atoms with van der Waals surface area (Å²) < 4.78 is 21.0. The van der Waals surface area contributed by atoms with Crippen LogP contribution in [-0.2, 0) is 4.74 Å². The molecule has 0 spiro atoms. The van der Waals surface area contributed by atoms with Gasteiger partial charge in [0.1, 0.15) is 23.5 Å². The third kappa shape index (κ3) is 1.67. The van der Waals surface area contributed by atoms with Crippen molar-refractivity contribution in [2.75, 3.05) is 12.3 Å². The highest BCUT2D eigenvalue weighted by molar-refractivity contribution is 5.81. The van der Waals surface area contributed by atoms with Crippen LogP contribution in [0.5, 0.6) is 0 Å². The van der Waals surface area contributed by atoms with Gasteiger partial charge in [0.2, 0.25) is 0 Å². The van der Waals surface area contributed by atoms with Crippen LogP contribution in [-0.4, -0.2) is 54.2 Å². The van der Waals surface area contributed by atoms with Crippen LogP contribution in [0.2, 0.25) is 0 Å². The Bertz CT molecular complexity index is 650. The van der Waals surface area contributed by atoms with E-state index in [-0.39, 0.29) is 5.82 Å².